The Morgan fingerprint density at radius 1 is 1.29 bits per heavy atom. The third-order valence-corrected chi connectivity index (χ3v) is 3.41. The Kier molecular flexibility index (Phi) is 3.60. The predicted octanol–water partition coefficient (Wildman–Crippen LogP) is -1.45. The van der Waals surface area contributed by atoms with Crippen LogP contribution in [0.4, 0.5) is 5.69 Å². The van der Waals surface area contributed by atoms with Gasteiger partial charge in [-0.3, -0.25) is 9.20 Å². The molecule has 0 spiro atoms. The largest absolute Gasteiger partial charge is 0.388 e. The van der Waals surface area contributed by atoms with Gasteiger partial charge in [-0.1, -0.05) is 6.07 Å². The molecule has 112 valence electrons. The van der Waals surface area contributed by atoms with Crippen LogP contribution in [-0.4, -0.2) is 55.9 Å². The van der Waals surface area contributed by atoms with Crippen molar-refractivity contribution in [1.82, 2.24) is 9.38 Å². The highest BCUT2D eigenvalue weighted by Crippen LogP contribution is 2.16. The van der Waals surface area contributed by atoms with Crippen LogP contribution in [0.25, 0.3) is 5.65 Å². The molecule has 0 radical (unpaired) electrons. The Hall–Kier alpha value is -2.00. The molecule has 2 aromatic heterocycles. The predicted molar refractivity (Wildman–Crippen MR) is 72.8 cm³/mol. The molecule has 4 N–H and O–H groups in total. The average molecular weight is 293 g/mol. The highest BCUT2D eigenvalue weighted by atomic mass is 16.5. The minimum atomic E-state index is -1.36. The van der Waals surface area contributed by atoms with Gasteiger partial charge in [0, 0.05) is 6.20 Å². The molecule has 3 heterocycles. The summed E-state index contributed by atoms with van der Waals surface area (Å²) >= 11 is 0. The summed E-state index contributed by atoms with van der Waals surface area (Å²) in [5.41, 5.74) is 0.275. The fourth-order valence-corrected chi connectivity index (χ4v) is 2.21. The van der Waals surface area contributed by atoms with Crippen molar-refractivity contribution in [1.29, 1.82) is 0 Å². The normalized spacial score (nSPS) is 29.5. The zero-order chi connectivity index (χ0) is 15.0. The fraction of sp³-hybridized carbons (Fsp3) is 0.385. The first-order chi connectivity index (χ1) is 10.1. The van der Waals surface area contributed by atoms with Crippen molar-refractivity contribution in [3.63, 3.8) is 0 Å². The molecule has 8 nitrogen and oxygen atoms in total. The number of aliphatic hydroxyl groups excluding tert-OH is 3. The number of pyridine rings is 1. The van der Waals surface area contributed by atoms with Crippen LogP contribution in [0.2, 0.25) is 0 Å². The van der Waals surface area contributed by atoms with Gasteiger partial charge in [0.05, 0.1) is 12.8 Å². The maximum absolute atomic E-state index is 12.3. The molecule has 1 unspecified atom stereocenters. The lowest BCUT2D eigenvalue weighted by atomic mass is 10.0. The van der Waals surface area contributed by atoms with E-state index in [1.165, 1.54) is 10.6 Å². The smallest absolute Gasteiger partial charge is 0.281 e. The Morgan fingerprint density at radius 2 is 2.10 bits per heavy atom. The standard InChI is InChI=1S/C13H15N3O5/c17-8-6-21-12(11(19)10(8)18)15-7-5-14-9-3-1-2-4-16(9)13(7)20/h1-5,8,10-12,15,17-19H,6H2/t8-,10-,11+,12?/m0/s1. The first-order valence-electron chi connectivity index (χ1n) is 6.46. The van der Waals surface area contributed by atoms with E-state index in [0.717, 1.165) is 0 Å². The number of rotatable bonds is 2. The minimum Gasteiger partial charge on any atom is -0.388 e. The van der Waals surface area contributed by atoms with Crippen molar-refractivity contribution in [2.45, 2.75) is 24.5 Å². The number of hydrogen-bond donors (Lipinski definition) is 4. The van der Waals surface area contributed by atoms with Gasteiger partial charge in [0.15, 0.2) is 6.23 Å². The monoisotopic (exact) mass is 293 g/mol. The molecule has 2 aromatic rings. The van der Waals surface area contributed by atoms with E-state index in [1.807, 2.05) is 0 Å². The molecule has 0 saturated carbocycles. The molecule has 0 aromatic carbocycles. The summed E-state index contributed by atoms with van der Waals surface area (Å²) < 4.78 is 6.55. The topological polar surface area (TPSA) is 116 Å². The van der Waals surface area contributed by atoms with Gasteiger partial charge in [0.25, 0.3) is 5.56 Å². The highest BCUT2D eigenvalue weighted by Gasteiger charge is 2.37. The number of nitrogens with zero attached hydrogens (tertiary/aromatic N) is 2. The Morgan fingerprint density at radius 3 is 2.90 bits per heavy atom. The van der Waals surface area contributed by atoms with E-state index < -0.39 is 24.5 Å². The molecule has 8 heteroatoms. The van der Waals surface area contributed by atoms with Crippen LogP contribution in [-0.2, 0) is 4.74 Å². The van der Waals surface area contributed by atoms with Crippen LogP contribution in [0, 0.1) is 0 Å². The van der Waals surface area contributed by atoms with Gasteiger partial charge in [0.1, 0.15) is 29.6 Å². The number of aliphatic hydroxyl groups is 3. The Bertz CT molecular complexity index is 704. The molecule has 0 aliphatic carbocycles. The zero-order valence-electron chi connectivity index (χ0n) is 11.0. The van der Waals surface area contributed by atoms with E-state index in [-0.39, 0.29) is 17.9 Å². The lowest BCUT2D eigenvalue weighted by molar-refractivity contribution is -0.178. The molecule has 0 bridgehead atoms. The Labute approximate surface area is 119 Å². The summed E-state index contributed by atoms with van der Waals surface area (Å²) in [6.45, 7) is -0.141. The molecule has 4 atom stereocenters. The number of fused-ring (bicyclic) bond motifs is 1. The number of aromatic nitrogens is 2. The maximum Gasteiger partial charge on any atom is 0.281 e. The van der Waals surface area contributed by atoms with E-state index in [9.17, 15) is 20.1 Å². The second kappa shape index (κ2) is 5.41. The molecule has 21 heavy (non-hydrogen) atoms. The number of anilines is 1. The Balaban J connectivity index is 1.88. The maximum atomic E-state index is 12.3. The van der Waals surface area contributed by atoms with Crippen LogP contribution in [0.1, 0.15) is 0 Å². The molecule has 3 rings (SSSR count). The summed E-state index contributed by atoms with van der Waals surface area (Å²) in [6.07, 6.45) is -1.94. The first kappa shape index (κ1) is 14.0. The summed E-state index contributed by atoms with van der Waals surface area (Å²) in [5.74, 6) is 0. The summed E-state index contributed by atoms with van der Waals surface area (Å²) in [7, 11) is 0. The molecule has 1 saturated heterocycles. The average Bonchev–Trinajstić information content (AvgIpc) is 2.50. The number of ether oxygens (including phenoxy) is 1. The van der Waals surface area contributed by atoms with Crippen LogP contribution in [0.5, 0.6) is 0 Å². The van der Waals surface area contributed by atoms with Crippen LogP contribution in [0.3, 0.4) is 0 Å². The number of hydrogen-bond acceptors (Lipinski definition) is 7. The molecular weight excluding hydrogens is 278 g/mol. The summed E-state index contributed by atoms with van der Waals surface area (Å²) in [5, 5.41) is 31.6. The second-order valence-electron chi connectivity index (χ2n) is 4.85. The lowest BCUT2D eigenvalue weighted by Gasteiger charge is -2.35. The SMILES string of the molecule is O=c1c(NC2OC[C@H](O)[C@H](O)[C@H]2O)cnc2ccccn12. The van der Waals surface area contributed by atoms with E-state index in [2.05, 4.69) is 10.3 Å². The van der Waals surface area contributed by atoms with Crippen molar-refractivity contribution < 1.29 is 20.1 Å². The van der Waals surface area contributed by atoms with E-state index in [4.69, 9.17) is 4.74 Å². The van der Waals surface area contributed by atoms with E-state index in [0.29, 0.717) is 5.65 Å². The van der Waals surface area contributed by atoms with Gasteiger partial charge in [0.2, 0.25) is 0 Å². The molecular formula is C13H15N3O5. The van der Waals surface area contributed by atoms with Crippen LogP contribution < -0.4 is 10.9 Å². The molecule has 1 aliphatic rings. The summed E-state index contributed by atoms with van der Waals surface area (Å²) in [4.78, 5) is 16.4. The van der Waals surface area contributed by atoms with Crippen LogP contribution >= 0.6 is 0 Å². The van der Waals surface area contributed by atoms with Crippen molar-refractivity contribution in [3.05, 3.63) is 40.9 Å². The number of nitrogens with one attached hydrogen (secondary N) is 1. The van der Waals surface area contributed by atoms with Crippen molar-refractivity contribution in [2.75, 3.05) is 11.9 Å². The lowest BCUT2D eigenvalue weighted by Crippen LogP contribution is -2.55. The van der Waals surface area contributed by atoms with Gasteiger partial charge in [-0.05, 0) is 12.1 Å². The molecule has 1 aliphatic heterocycles. The first-order valence-corrected chi connectivity index (χ1v) is 6.46. The van der Waals surface area contributed by atoms with E-state index >= 15 is 0 Å². The third-order valence-electron chi connectivity index (χ3n) is 3.41. The van der Waals surface area contributed by atoms with Gasteiger partial charge < -0.3 is 25.4 Å². The molecule has 1 fully saturated rings. The van der Waals surface area contributed by atoms with Gasteiger partial charge in [-0.25, -0.2) is 4.98 Å². The quantitative estimate of drug-likeness (QED) is 0.535. The van der Waals surface area contributed by atoms with Crippen molar-refractivity contribution in [3.8, 4) is 0 Å². The van der Waals surface area contributed by atoms with Crippen molar-refractivity contribution in [2.24, 2.45) is 0 Å². The van der Waals surface area contributed by atoms with Gasteiger partial charge >= 0.3 is 0 Å². The minimum absolute atomic E-state index is 0.131. The fourth-order valence-electron chi connectivity index (χ4n) is 2.21. The second-order valence-corrected chi connectivity index (χ2v) is 4.85. The highest BCUT2D eigenvalue weighted by molar-refractivity contribution is 5.47. The van der Waals surface area contributed by atoms with Crippen molar-refractivity contribution >= 4 is 11.3 Å². The van der Waals surface area contributed by atoms with Crippen LogP contribution in [0.15, 0.2) is 35.4 Å². The summed E-state index contributed by atoms with van der Waals surface area (Å²) in [6, 6.07) is 5.16. The third kappa shape index (κ3) is 2.49. The zero-order valence-corrected chi connectivity index (χ0v) is 11.0. The van der Waals surface area contributed by atoms with Gasteiger partial charge in [-0.2, -0.15) is 0 Å². The molecule has 0 amide bonds. The van der Waals surface area contributed by atoms with E-state index in [1.54, 1.807) is 24.4 Å². The van der Waals surface area contributed by atoms with Gasteiger partial charge in [-0.15, -0.1) is 0 Å².